The minimum Gasteiger partial charge on any atom is -0.307 e. The summed E-state index contributed by atoms with van der Waals surface area (Å²) >= 11 is 5.91. The molecule has 0 bridgehead atoms. The van der Waals surface area contributed by atoms with Crippen molar-refractivity contribution in [1.29, 1.82) is 0 Å². The van der Waals surface area contributed by atoms with Crippen molar-refractivity contribution in [3.8, 4) is 0 Å². The fraction of sp³-hybridized carbons (Fsp3) is 0.0909. The molecule has 82 valence electrons. The standard InChI is InChI=1S/C11H10ClN3O/c1-7-6-13-15-10(7)14-11(16)8-4-2-3-5-9(8)12/h2-6H,1H3,(H2,13,14,15,16). The van der Waals surface area contributed by atoms with Crippen molar-refractivity contribution < 1.29 is 4.79 Å². The number of H-pyrrole nitrogens is 1. The fourth-order valence-corrected chi connectivity index (χ4v) is 1.52. The molecule has 0 aliphatic heterocycles. The van der Waals surface area contributed by atoms with Gasteiger partial charge in [-0.25, -0.2) is 0 Å². The Balaban J connectivity index is 2.22. The highest BCUT2D eigenvalue weighted by Crippen LogP contribution is 2.17. The summed E-state index contributed by atoms with van der Waals surface area (Å²) in [6.45, 7) is 1.85. The number of nitrogens with one attached hydrogen (secondary N) is 2. The number of aromatic nitrogens is 2. The number of benzene rings is 1. The molecule has 2 aromatic rings. The van der Waals surface area contributed by atoms with Crippen LogP contribution in [0.15, 0.2) is 30.5 Å². The molecule has 0 aliphatic rings. The van der Waals surface area contributed by atoms with E-state index in [4.69, 9.17) is 11.6 Å². The van der Waals surface area contributed by atoms with Crippen molar-refractivity contribution in [2.24, 2.45) is 0 Å². The maximum Gasteiger partial charge on any atom is 0.258 e. The van der Waals surface area contributed by atoms with Crippen LogP contribution >= 0.6 is 11.6 Å². The minimum absolute atomic E-state index is 0.252. The molecule has 1 heterocycles. The molecule has 1 amide bonds. The normalized spacial score (nSPS) is 10.1. The molecule has 2 rings (SSSR count). The van der Waals surface area contributed by atoms with E-state index < -0.39 is 0 Å². The van der Waals surface area contributed by atoms with Crippen molar-refractivity contribution in [2.45, 2.75) is 6.92 Å². The highest BCUT2D eigenvalue weighted by atomic mass is 35.5. The molecule has 0 spiro atoms. The van der Waals surface area contributed by atoms with Gasteiger partial charge in [-0.05, 0) is 19.1 Å². The van der Waals surface area contributed by atoms with Crippen molar-refractivity contribution in [1.82, 2.24) is 10.2 Å². The third-order valence-electron chi connectivity index (χ3n) is 2.19. The van der Waals surface area contributed by atoms with Gasteiger partial charge in [-0.15, -0.1) is 0 Å². The zero-order chi connectivity index (χ0) is 11.5. The molecule has 0 atom stereocenters. The van der Waals surface area contributed by atoms with Gasteiger partial charge in [0.1, 0.15) is 5.82 Å². The number of carbonyl (C=O) groups is 1. The van der Waals surface area contributed by atoms with E-state index in [0.717, 1.165) is 5.56 Å². The third kappa shape index (κ3) is 2.06. The first-order valence-corrected chi connectivity index (χ1v) is 5.12. The molecule has 1 aromatic carbocycles. The molecule has 0 fully saturated rings. The summed E-state index contributed by atoms with van der Waals surface area (Å²) < 4.78 is 0. The fourth-order valence-electron chi connectivity index (χ4n) is 1.30. The maximum atomic E-state index is 11.8. The lowest BCUT2D eigenvalue weighted by atomic mass is 10.2. The lowest BCUT2D eigenvalue weighted by Gasteiger charge is -2.05. The van der Waals surface area contributed by atoms with Gasteiger partial charge < -0.3 is 5.32 Å². The second kappa shape index (κ2) is 4.37. The van der Waals surface area contributed by atoms with Crippen molar-refractivity contribution in [3.63, 3.8) is 0 Å². The summed E-state index contributed by atoms with van der Waals surface area (Å²) in [5, 5.41) is 9.65. The zero-order valence-corrected chi connectivity index (χ0v) is 9.38. The van der Waals surface area contributed by atoms with Gasteiger partial charge in [0.15, 0.2) is 0 Å². The molecule has 4 nitrogen and oxygen atoms in total. The van der Waals surface area contributed by atoms with Crippen molar-refractivity contribution in [2.75, 3.05) is 5.32 Å². The van der Waals surface area contributed by atoms with Gasteiger partial charge in [-0.3, -0.25) is 9.89 Å². The van der Waals surface area contributed by atoms with Crippen LogP contribution in [0.25, 0.3) is 0 Å². The number of hydrogen-bond donors (Lipinski definition) is 2. The predicted molar refractivity (Wildman–Crippen MR) is 62.7 cm³/mol. The second-order valence-corrected chi connectivity index (χ2v) is 3.77. The van der Waals surface area contributed by atoms with Gasteiger partial charge in [0.05, 0.1) is 16.8 Å². The van der Waals surface area contributed by atoms with E-state index in [2.05, 4.69) is 15.5 Å². The Bertz CT molecular complexity index is 521. The van der Waals surface area contributed by atoms with Crippen molar-refractivity contribution in [3.05, 3.63) is 46.6 Å². The first kappa shape index (κ1) is 10.7. The van der Waals surface area contributed by atoms with Crippen LogP contribution < -0.4 is 5.32 Å². The van der Waals surface area contributed by atoms with Crippen LogP contribution in [-0.2, 0) is 0 Å². The van der Waals surface area contributed by atoms with E-state index in [1.807, 2.05) is 6.92 Å². The molecule has 0 saturated carbocycles. The van der Waals surface area contributed by atoms with E-state index in [-0.39, 0.29) is 5.91 Å². The van der Waals surface area contributed by atoms with Gasteiger partial charge in [0, 0.05) is 5.56 Å². The smallest absolute Gasteiger partial charge is 0.258 e. The summed E-state index contributed by atoms with van der Waals surface area (Å²) in [5.74, 6) is 0.336. The molecule has 1 aromatic heterocycles. The summed E-state index contributed by atoms with van der Waals surface area (Å²) in [6.07, 6.45) is 1.64. The molecule has 2 N–H and O–H groups in total. The van der Waals surface area contributed by atoms with Gasteiger partial charge >= 0.3 is 0 Å². The van der Waals surface area contributed by atoms with Crippen LogP contribution in [0.4, 0.5) is 5.82 Å². The SMILES string of the molecule is Cc1cn[nH]c1NC(=O)c1ccccc1Cl. The predicted octanol–water partition coefficient (Wildman–Crippen LogP) is 2.62. The largest absolute Gasteiger partial charge is 0.307 e. The van der Waals surface area contributed by atoms with Crippen LogP contribution in [-0.4, -0.2) is 16.1 Å². The number of aromatic amines is 1. The van der Waals surface area contributed by atoms with Crippen LogP contribution in [0.3, 0.4) is 0 Å². The number of carbonyl (C=O) groups excluding carboxylic acids is 1. The number of nitrogens with zero attached hydrogens (tertiary/aromatic N) is 1. The Kier molecular flexibility index (Phi) is 2.92. The number of halogens is 1. The first-order chi connectivity index (χ1) is 7.68. The van der Waals surface area contributed by atoms with Crippen LogP contribution in [0.2, 0.25) is 5.02 Å². The van der Waals surface area contributed by atoms with E-state index >= 15 is 0 Å². The van der Waals surface area contributed by atoms with Crippen LogP contribution in [0.5, 0.6) is 0 Å². The minimum atomic E-state index is -0.252. The molecule has 16 heavy (non-hydrogen) atoms. The lowest BCUT2D eigenvalue weighted by Crippen LogP contribution is -2.13. The third-order valence-corrected chi connectivity index (χ3v) is 2.52. The number of aryl methyl sites for hydroxylation is 1. The van der Waals surface area contributed by atoms with Gasteiger partial charge in [0.25, 0.3) is 5.91 Å². The van der Waals surface area contributed by atoms with E-state index in [9.17, 15) is 4.79 Å². The molecule has 5 heteroatoms. The number of rotatable bonds is 2. The molecular formula is C11H10ClN3O. The Morgan fingerprint density at radius 1 is 1.44 bits per heavy atom. The quantitative estimate of drug-likeness (QED) is 0.841. The highest BCUT2D eigenvalue weighted by molar-refractivity contribution is 6.34. The average Bonchev–Trinajstić information content (AvgIpc) is 2.65. The van der Waals surface area contributed by atoms with E-state index in [1.165, 1.54) is 0 Å². The number of hydrogen-bond acceptors (Lipinski definition) is 2. The topological polar surface area (TPSA) is 57.8 Å². The van der Waals surface area contributed by atoms with Gasteiger partial charge in [-0.1, -0.05) is 23.7 Å². The lowest BCUT2D eigenvalue weighted by molar-refractivity contribution is 0.102. The average molecular weight is 236 g/mol. The van der Waals surface area contributed by atoms with Gasteiger partial charge in [0.2, 0.25) is 0 Å². The van der Waals surface area contributed by atoms with Crippen molar-refractivity contribution >= 4 is 23.3 Å². The molecule has 0 unspecified atom stereocenters. The molecular weight excluding hydrogens is 226 g/mol. The monoisotopic (exact) mass is 235 g/mol. The second-order valence-electron chi connectivity index (χ2n) is 3.36. The maximum absolute atomic E-state index is 11.8. The summed E-state index contributed by atoms with van der Waals surface area (Å²) in [5.41, 5.74) is 1.32. The van der Waals surface area contributed by atoms with Crippen LogP contribution in [0.1, 0.15) is 15.9 Å². The number of amides is 1. The zero-order valence-electron chi connectivity index (χ0n) is 8.62. The summed E-state index contributed by atoms with van der Waals surface area (Å²) in [6, 6.07) is 6.89. The Hall–Kier alpha value is -1.81. The molecule has 0 aliphatic carbocycles. The van der Waals surface area contributed by atoms with Crippen LogP contribution in [0, 0.1) is 6.92 Å². The summed E-state index contributed by atoms with van der Waals surface area (Å²) in [4.78, 5) is 11.8. The molecule has 0 radical (unpaired) electrons. The van der Waals surface area contributed by atoms with E-state index in [0.29, 0.717) is 16.4 Å². The highest BCUT2D eigenvalue weighted by Gasteiger charge is 2.11. The number of anilines is 1. The van der Waals surface area contributed by atoms with Gasteiger partial charge in [-0.2, -0.15) is 5.10 Å². The molecule has 0 saturated heterocycles. The first-order valence-electron chi connectivity index (χ1n) is 4.74. The Morgan fingerprint density at radius 2 is 2.19 bits per heavy atom. The van der Waals surface area contributed by atoms with E-state index in [1.54, 1.807) is 30.5 Å². The summed E-state index contributed by atoms with van der Waals surface area (Å²) in [7, 11) is 0. The Labute approximate surface area is 97.6 Å². The Morgan fingerprint density at radius 3 is 2.81 bits per heavy atom.